The number of hydrogen-bond donors (Lipinski definition) is 1. The fourth-order valence-corrected chi connectivity index (χ4v) is 2.96. The second-order valence-corrected chi connectivity index (χ2v) is 6.13. The molecule has 2 heterocycles. The Kier molecular flexibility index (Phi) is 4.60. The van der Waals surface area contributed by atoms with Gasteiger partial charge in [0, 0.05) is 18.3 Å². The maximum absolute atomic E-state index is 12.6. The Morgan fingerprint density at radius 1 is 1.21 bits per heavy atom. The van der Waals surface area contributed by atoms with E-state index in [1.807, 2.05) is 37.3 Å². The first kappa shape index (κ1) is 16.2. The highest BCUT2D eigenvalue weighted by Gasteiger charge is 2.30. The molecule has 1 atom stereocenters. The van der Waals surface area contributed by atoms with Gasteiger partial charge in [0.25, 0.3) is 0 Å². The summed E-state index contributed by atoms with van der Waals surface area (Å²) in [5.41, 5.74) is 2.97. The molecule has 0 saturated heterocycles. The van der Waals surface area contributed by atoms with Gasteiger partial charge >= 0.3 is 0 Å². The summed E-state index contributed by atoms with van der Waals surface area (Å²) in [4.78, 5) is 31.0. The highest BCUT2D eigenvalue weighted by molar-refractivity contribution is 6.05. The monoisotopic (exact) mass is 323 g/mol. The molecule has 1 N–H and O–H groups in total. The fourth-order valence-electron chi connectivity index (χ4n) is 2.96. The second kappa shape index (κ2) is 6.83. The van der Waals surface area contributed by atoms with E-state index in [-0.39, 0.29) is 11.8 Å². The predicted octanol–water partition coefficient (Wildman–Crippen LogP) is 3.09. The van der Waals surface area contributed by atoms with Gasteiger partial charge in [-0.2, -0.15) is 0 Å². The topological polar surface area (TPSA) is 62.3 Å². The van der Waals surface area contributed by atoms with Crippen molar-refractivity contribution < 1.29 is 9.59 Å². The Morgan fingerprint density at radius 3 is 2.75 bits per heavy atom. The molecule has 5 nitrogen and oxygen atoms in total. The summed E-state index contributed by atoms with van der Waals surface area (Å²) in [6.07, 6.45) is 3.81. The molecule has 1 aromatic carbocycles. The van der Waals surface area contributed by atoms with Gasteiger partial charge in [0.2, 0.25) is 11.8 Å². The van der Waals surface area contributed by atoms with E-state index >= 15 is 0 Å². The van der Waals surface area contributed by atoms with E-state index in [4.69, 9.17) is 0 Å². The Labute approximate surface area is 141 Å². The van der Waals surface area contributed by atoms with Crippen LogP contribution in [0.4, 0.5) is 11.5 Å². The molecule has 2 aromatic rings. The minimum Gasteiger partial charge on any atom is -0.309 e. The van der Waals surface area contributed by atoms with E-state index in [9.17, 15) is 9.59 Å². The molecule has 0 spiro atoms. The SMILES string of the molecule is Cc1ccc(NC(=O)[C@@H](C)N2C(=O)CCCc3ccccc32)nc1. The normalized spacial score (nSPS) is 15.4. The van der Waals surface area contributed by atoms with E-state index in [1.165, 1.54) is 0 Å². The largest absolute Gasteiger partial charge is 0.309 e. The smallest absolute Gasteiger partial charge is 0.248 e. The number of aromatic nitrogens is 1. The maximum atomic E-state index is 12.6. The molecule has 24 heavy (non-hydrogen) atoms. The first-order chi connectivity index (χ1) is 11.6. The number of anilines is 2. The van der Waals surface area contributed by atoms with Crippen molar-refractivity contribution in [3.8, 4) is 0 Å². The van der Waals surface area contributed by atoms with Gasteiger partial charge in [-0.3, -0.25) is 14.5 Å². The lowest BCUT2D eigenvalue weighted by molar-refractivity contribution is -0.123. The molecule has 1 aromatic heterocycles. The van der Waals surface area contributed by atoms with Crippen molar-refractivity contribution in [3.05, 3.63) is 53.7 Å². The summed E-state index contributed by atoms with van der Waals surface area (Å²) in [7, 11) is 0. The van der Waals surface area contributed by atoms with Crippen LogP contribution in [-0.2, 0) is 16.0 Å². The number of para-hydroxylation sites is 1. The van der Waals surface area contributed by atoms with Crippen molar-refractivity contribution >= 4 is 23.3 Å². The van der Waals surface area contributed by atoms with Crippen LogP contribution in [0.1, 0.15) is 30.9 Å². The number of hydrogen-bond acceptors (Lipinski definition) is 3. The van der Waals surface area contributed by atoms with Crippen molar-refractivity contribution in [1.29, 1.82) is 0 Å². The van der Waals surface area contributed by atoms with Crippen molar-refractivity contribution in [2.75, 3.05) is 10.2 Å². The highest BCUT2D eigenvalue weighted by Crippen LogP contribution is 2.28. The molecule has 124 valence electrons. The Hall–Kier alpha value is -2.69. The fraction of sp³-hybridized carbons (Fsp3) is 0.316. The van der Waals surface area contributed by atoms with Gasteiger partial charge in [-0.25, -0.2) is 4.98 Å². The lowest BCUT2D eigenvalue weighted by Crippen LogP contribution is -2.45. The Bertz CT molecular complexity index is 755. The van der Waals surface area contributed by atoms with Gasteiger partial charge in [0.1, 0.15) is 11.9 Å². The summed E-state index contributed by atoms with van der Waals surface area (Å²) >= 11 is 0. The van der Waals surface area contributed by atoms with Crippen LogP contribution in [-0.4, -0.2) is 22.8 Å². The number of rotatable bonds is 3. The molecule has 2 amide bonds. The lowest BCUT2D eigenvalue weighted by Gasteiger charge is -2.28. The molecule has 3 rings (SSSR count). The molecular formula is C19H21N3O2. The molecular weight excluding hydrogens is 302 g/mol. The molecule has 0 unspecified atom stereocenters. The summed E-state index contributed by atoms with van der Waals surface area (Å²) in [5, 5.41) is 2.79. The van der Waals surface area contributed by atoms with E-state index in [0.717, 1.165) is 29.7 Å². The number of benzene rings is 1. The molecule has 0 saturated carbocycles. The molecule has 1 aliphatic heterocycles. The summed E-state index contributed by atoms with van der Waals surface area (Å²) in [5.74, 6) is 0.240. The van der Waals surface area contributed by atoms with Crippen LogP contribution >= 0.6 is 0 Å². The number of carbonyl (C=O) groups excluding carboxylic acids is 2. The van der Waals surface area contributed by atoms with E-state index in [0.29, 0.717) is 12.2 Å². The van der Waals surface area contributed by atoms with Crippen LogP contribution in [0.3, 0.4) is 0 Å². The molecule has 5 heteroatoms. The second-order valence-electron chi connectivity index (χ2n) is 6.13. The average molecular weight is 323 g/mol. The minimum absolute atomic E-state index is 0.0144. The van der Waals surface area contributed by atoms with Crippen LogP contribution in [0.15, 0.2) is 42.6 Å². The number of aryl methyl sites for hydroxylation is 2. The summed E-state index contributed by atoms with van der Waals surface area (Å²) < 4.78 is 0. The van der Waals surface area contributed by atoms with E-state index in [1.54, 1.807) is 24.1 Å². The number of amides is 2. The first-order valence-electron chi connectivity index (χ1n) is 8.20. The van der Waals surface area contributed by atoms with Crippen LogP contribution in [0.5, 0.6) is 0 Å². The van der Waals surface area contributed by atoms with Gasteiger partial charge in [-0.15, -0.1) is 0 Å². The zero-order chi connectivity index (χ0) is 17.1. The van der Waals surface area contributed by atoms with Crippen LogP contribution in [0, 0.1) is 6.92 Å². The molecule has 0 bridgehead atoms. The summed E-state index contributed by atoms with van der Waals surface area (Å²) in [6.45, 7) is 3.69. The lowest BCUT2D eigenvalue weighted by atomic mass is 10.1. The Balaban J connectivity index is 1.84. The predicted molar refractivity (Wildman–Crippen MR) is 93.9 cm³/mol. The average Bonchev–Trinajstić information content (AvgIpc) is 2.74. The van der Waals surface area contributed by atoms with E-state index in [2.05, 4.69) is 10.3 Å². The van der Waals surface area contributed by atoms with Gasteiger partial charge in [0.05, 0.1) is 0 Å². The van der Waals surface area contributed by atoms with Crippen LogP contribution < -0.4 is 10.2 Å². The molecule has 0 aliphatic carbocycles. The third kappa shape index (κ3) is 3.30. The van der Waals surface area contributed by atoms with Crippen LogP contribution in [0.25, 0.3) is 0 Å². The highest BCUT2D eigenvalue weighted by atomic mass is 16.2. The van der Waals surface area contributed by atoms with Crippen molar-refractivity contribution in [1.82, 2.24) is 4.98 Å². The number of carbonyl (C=O) groups is 2. The number of pyridine rings is 1. The zero-order valence-electron chi connectivity index (χ0n) is 14.0. The number of nitrogens with one attached hydrogen (secondary N) is 1. The Morgan fingerprint density at radius 2 is 2.00 bits per heavy atom. The molecule has 0 radical (unpaired) electrons. The quantitative estimate of drug-likeness (QED) is 0.944. The molecule has 1 aliphatic rings. The van der Waals surface area contributed by atoms with Gasteiger partial charge < -0.3 is 5.32 Å². The first-order valence-corrected chi connectivity index (χ1v) is 8.20. The van der Waals surface area contributed by atoms with E-state index < -0.39 is 6.04 Å². The third-order valence-electron chi connectivity index (χ3n) is 4.29. The molecule has 0 fully saturated rings. The zero-order valence-corrected chi connectivity index (χ0v) is 14.0. The number of fused-ring (bicyclic) bond motifs is 1. The van der Waals surface area contributed by atoms with Crippen molar-refractivity contribution in [2.45, 2.75) is 39.2 Å². The summed E-state index contributed by atoms with van der Waals surface area (Å²) in [6, 6.07) is 10.8. The minimum atomic E-state index is -0.597. The van der Waals surface area contributed by atoms with Crippen LogP contribution in [0.2, 0.25) is 0 Å². The standard InChI is InChI=1S/C19H21N3O2/c1-13-10-11-17(20-12-13)21-19(24)14(2)22-16-8-4-3-6-15(16)7-5-9-18(22)23/h3-4,6,8,10-12,14H,5,7,9H2,1-2H3,(H,20,21,24)/t14-/m1/s1. The van der Waals surface area contributed by atoms with Crippen molar-refractivity contribution in [2.24, 2.45) is 0 Å². The number of nitrogens with zero attached hydrogens (tertiary/aromatic N) is 2. The van der Waals surface area contributed by atoms with Gasteiger partial charge in [-0.1, -0.05) is 24.3 Å². The van der Waals surface area contributed by atoms with Gasteiger partial charge in [-0.05, 0) is 49.9 Å². The maximum Gasteiger partial charge on any atom is 0.248 e. The third-order valence-corrected chi connectivity index (χ3v) is 4.29. The van der Waals surface area contributed by atoms with Crippen molar-refractivity contribution in [3.63, 3.8) is 0 Å². The van der Waals surface area contributed by atoms with Gasteiger partial charge in [0.15, 0.2) is 0 Å².